The van der Waals surface area contributed by atoms with Crippen LogP contribution in [0.1, 0.15) is 38.8 Å². The van der Waals surface area contributed by atoms with E-state index >= 15 is 0 Å². The smallest absolute Gasteiger partial charge is 0.224 e. The van der Waals surface area contributed by atoms with E-state index < -0.39 is 0 Å². The van der Waals surface area contributed by atoms with E-state index in [0.29, 0.717) is 5.02 Å². The highest BCUT2D eigenvalue weighted by Gasteiger charge is 2.32. The molecule has 1 aliphatic heterocycles. The Morgan fingerprint density at radius 2 is 1.73 bits per heavy atom. The summed E-state index contributed by atoms with van der Waals surface area (Å²) in [5, 5.41) is 6.93. The highest BCUT2D eigenvalue weighted by Crippen LogP contribution is 2.40. The van der Waals surface area contributed by atoms with Crippen LogP contribution < -0.4 is 15.5 Å². The molecule has 0 radical (unpaired) electrons. The number of fused-ring (bicyclic) bond motifs is 1. The van der Waals surface area contributed by atoms with Gasteiger partial charge < -0.3 is 15.5 Å². The number of hydrogen-bond acceptors (Lipinski definition) is 3. The summed E-state index contributed by atoms with van der Waals surface area (Å²) in [7, 11) is 0. The molecule has 6 heteroatoms. The summed E-state index contributed by atoms with van der Waals surface area (Å²) in [4.78, 5) is 25.0. The number of nitrogens with one attached hydrogen (secondary N) is 2. The molecule has 3 rings (SSSR count). The molecule has 136 valence electrons. The lowest BCUT2D eigenvalue weighted by Gasteiger charge is -2.39. The van der Waals surface area contributed by atoms with Crippen molar-refractivity contribution in [2.75, 3.05) is 15.5 Å². The minimum Gasteiger partial charge on any atom is -0.378 e. The van der Waals surface area contributed by atoms with E-state index in [1.54, 1.807) is 6.92 Å². The Hall–Kier alpha value is -2.53. The van der Waals surface area contributed by atoms with Crippen molar-refractivity contribution >= 4 is 40.5 Å². The SMILES string of the molecule is CC(=O)Nc1ccc(N[C@H]2C[C@@H](C)N(C(C)=O)c3ccc(Cl)cc32)cc1. The van der Waals surface area contributed by atoms with Crippen molar-refractivity contribution in [3.63, 3.8) is 0 Å². The van der Waals surface area contributed by atoms with Crippen LogP contribution in [0, 0.1) is 0 Å². The lowest BCUT2D eigenvalue weighted by atomic mass is 9.91. The molecule has 0 spiro atoms. The molecule has 1 aliphatic rings. The predicted molar refractivity (Wildman–Crippen MR) is 106 cm³/mol. The molecule has 0 bridgehead atoms. The van der Waals surface area contributed by atoms with E-state index in [-0.39, 0.29) is 23.9 Å². The molecule has 0 unspecified atom stereocenters. The normalized spacial score (nSPS) is 18.8. The van der Waals surface area contributed by atoms with Gasteiger partial charge in [-0.05, 0) is 61.4 Å². The van der Waals surface area contributed by atoms with Crippen LogP contribution in [-0.4, -0.2) is 17.9 Å². The molecule has 0 aliphatic carbocycles. The van der Waals surface area contributed by atoms with Gasteiger partial charge in [0.2, 0.25) is 11.8 Å². The first-order valence-electron chi connectivity index (χ1n) is 8.58. The first kappa shape index (κ1) is 18.3. The number of rotatable bonds is 3. The van der Waals surface area contributed by atoms with Crippen LogP contribution in [0.5, 0.6) is 0 Å². The Morgan fingerprint density at radius 1 is 1.08 bits per heavy atom. The van der Waals surface area contributed by atoms with Gasteiger partial charge in [-0.2, -0.15) is 0 Å². The maximum Gasteiger partial charge on any atom is 0.224 e. The van der Waals surface area contributed by atoms with E-state index in [0.717, 1.165) is 29.0 Å². The first-order valence-corrected chi connectivity index (χ1v) is 8.96. The molecule has 2 aromatic rings. The number of halogens is 1. The molecule has 2 amide bonds. The number of anilines is 3. The Kier molecular flexibility index (Phi) is 5.18. The number of benzene rings is 2. The van der Waals surface area contributed by atoms with Gasteiger partial charge in [-0.3, -0.25) is 9.59 Å². The molecule has 1 heterocycles. The summed E-state index contributed by atoms with van der Waals surface area (Å²) in [6, 6.07) is 13.3. The average Bonchev–Trinajstić information content (AvgIpc) is 2.56. The van der Waals surface area contributed by atoms with Crippen molar-refractivity contribution < 1.29 is 9.59 Å². The largest absolute Gasteiger partial charge is 0.378 e. The zero-order chi connectivity index (χ0) is 18.8. The van der Waals surface area contributed by atoms with Crippen molar-refractivity contribution in [1.29, 1.82) is 0 Å². The van der Waals surface area contributed by atoms with Gasteiger partial charge in [0.05, 0.1) is 6.04 Å². The van der Waals surface area contributed by atoms with E-state index in [1.165, 1.54) is 6.92 Å². The molecular formula is C20H22ClN3O2. The number of hydrogen-bond donors (Lipinski definition) is 2. The summed E-state index contributed by atoms with van der Waals surface area (Å²) in [5.41, 5.74) is 3.61. The van der Waals surface area contributed by atoms with Gasteiger partial charge in [0, 0.05) is 42.0 Å². The number of nitrogens with zero attached hydrogens (tertiary/aromatic N) is 1. The second kappa shape index (κ2) is 7.38. The summed E-state index contributed by atoms with van der Waals surface area (Å²) < 4.78 is 0. The van der Waals surface area contributed by atoms with Crippen molar-refractivity contribution in [3.8, 4) is 0 Å². The number of amides is 2. The van der Waals surface area contributed by atoms with Gasteiger partial charge >= 0.3 is 0 Å². The van der Waals surface area contributed by atoms with Crippen LogP contribution in [0.25, 0.3) is 0 Å². The van der Waals surface area contributed by atoms with Crippen LogP contribution in [-0.2, 0) is 9.59 Å². The van der Waals surface area contributed by atoms with Crippen LogP contribution in [0.3, 0.4) is 0 Å². The zero-order valence-electron chi connectivity index (χ0n) is 15.0. The third-order valence-corrected chi connectivity index (χ3v) is 4.76. The zero-order valence-corrected chi connectivity index (χ0v) is 15.8. The summed E-state index contributed by atoms with van der Waals surface area (Å²) in [5.74, 6) is -0.0705. The minimum absolute atomic E-state index is 0.0270. The van der Waals surface area contributed by atoms with Gasteiger partial charge in [-0.15, -0.1) is 0 Å². The lowest BCUT2D eigenvalue weighted by molar-refractivity contribution is -0.117. The monoisotopic (exact) mass is 371 g/mol. The van der Waals surface area contributed by atoms with Crippen LogP contribution in [0.15, 0.2) is 42.5 Å². The molecule has 26 heavy (non-hydrogen) atoms. The first-order chi connectivity index (χ1) is 12.3. The molecule has 0 aromatic heterocycles. The summed E-state index contributed by atoms with van der Waals surface area (Å²) in [6.07, 6.45) is 0.778. The molecule has 2 N–H and O–H groups in total. The fraction of sp³-hybridized carbons (Fsp3) is 0.300. The molecule has 0 fully saturated rings. The number of carbonyl (C=O) groups is 2. The molecule has 0 saturated heterocycles. The lowest BCUT2D eigenvalue weighted by Crippen LogP contribution is -2.43. The maximum absolute atomic E-state index is 12.1. The Labute approximate surface area is 158 Å². The van der Waals surface area contributed by atoms with Gasteiger partial charge in [0.25, 0.3) is 0 Å². The van der Waals surface area contributed by atoms with E-state index in [1.807, 2.05) is 54.3 Å². The van der Waals surface area contributed by atoms with E-state index in [2.05, 4.69) is 10.6 Å². The van der Waals surface area contributed by atoms with Crippen molar-refractivity contribution in [1.82, 2.24) is 0 Å². The molecular weight excluding hydrogens is 350 g/mol. The van der Waals surface area contributed by atoms with Gasteiger partial charge in [0.15, 0.2) is 0 Å². The van der Waals surface area contributed by atoms with E-state index in [4.69, 9.17) is 11.6 Å². The standard InChI is InChI=1S/C20H22ClN3O2/c1-12-10-19(23-17-7-5-16(6-8-17)22-13(2)25)18-11-15(21)4-9-20(18)24(12)14(3)26/h4-9,11-12,19,23H,10H2,1-3H3,(H,22,25)/t12-,19+/m1/s1. The van der Waals surface area contributed by atoms with Crippen molar-refractivity contribution in [2.24, 2.45) is 0 Å². The second-order valence-electron chi connectivity index (χ2n) is 6.63. The molecule has 2 aromatic carbocycles. The second-order valence-corrected chi connectivity index (χ2v) is 7.07. The van der Waals surface area contributed by atoms with Gasteiger partial charge in [0.1, 0.15) is 0 Å². The van der Waals surface area contributed by atoms with E-state index in [9.17, 15) is 9.59 Å². The molecule has 0 saturated carbocycles. The fourth-order valence-electron chi connectivity index (χ4n) is 3.51. The minimum atomic E-state index is -0.0975. The van der Waals surface area contributed by atoms with Crippen LogP contribution in [0.4, 0.5) is 17.1 Å². The van der Waals surface area contributed by atoms with Crippen LogP contribution in [0.2, 0.25) is 5.02 Å². The number of carbonyl (C=O) groups excluding carboxylic acids is 2. The topological polar surface area (TPSA) is 61.4 Å². The van der Waals surface area contributed by atoms with Crippen LogP contribution >= 0.6 is 11.6 Å². The van der Waals surface area contributed by atoms with Gasteiger partial charge in [-0.25, -0.2) is 0 Å². The Balaban J connectivity index is 1.88. The van der Waals surface area contributed by atoms with Crippen molar-refractivity contribution in [3.05, 3.63) is 53.1 Å². The molecule has 5 nitrogen and oxygen atoms in total. The third kappa shape index (κ3) is 3.83. The van der Waals surface area contributed by atoms with Gasteiger partial charge in [-0.1, -0.05) is 11.6 Å². The Bertz CT molecular complexity index is 835. The molecule has 2 atom stereocenters. The highest BCUT2D eigenvalue weighted by atomic mass is 35.5. The third-order valence-electron chi connectivity index (χ3n) is 4.53. The quantitative estimate of drug-likeness (QED) is 0.829. The fourth-order valence-corrected chi connectivity index (χ4v) is 3.69. The average molecular weight is 372 g/mol. The summed E-state index contributed by atoms with van der Waals surface area (Å²) in [6.45, 7) is 5.12. The summed E-state index contributed by atoms with van der Waals surface area (Å²) >= 11 is 6.21. The predicted octanol–water partition coefficient (Wildman–Crippen LogP) is 4.60. The van der Waals surface area contributed by atoms with Crippen molar-refractivity contribution in [2.45, 2.75) is 39.3 Å². The maximum atomic E-state index is 12.1. The highest BCUT2D eigenvalue weighted by molar-refractivity contribution is 6.30. The Morgan fingerprint density at radius 3 is 2.35 bits per heavy atom.